The summed E-state index contributed by atoms with van der Waals surface area (Å²) in [7, 11) is 0. The van der Waals surface area contributed by atoms with Crippen LogP contribution in [0.3, 0.4) is 0 Å². The molecule has 2 aromatic carbocycles. The van der Waals surface area contributed by atoms with E-state index in [1.807, 2.05) is 54.6 Å². The van der Waals surface area contributed by atoms with Gasteiger partial charge in [0.15, 0.2) is 0 Å². The van der Waals surface area contributed by atoms with Crippen molar-refractivity contribution in [3.63, 3.8) is 0 Å². The van der Waals surface area contributed by atoms with Gasteiger partial charge < -0.3 is 14.4 Å². The molecule has 1 heterocycles. The fraction of sp³-hybridized carbons (Fsp3) is 0.300. The van der Waals surface area contributed by atoms with Gasteiger partial charge in [-0.25, -0.2) is 4.79 Å². The Kier molecular flexibility index (Phi) is 5.83. The molecule has 0 radical (unpaired) electrons. The van der Waals surface area contributed by atoms with Crippen LogP contribution in [0.5, 0.6) is 11.5 Å². The summed E-state index contributed by atoms with van der Waals surface area (Å²) in [6.45, 7) is 3.76. The van der Waals surface area contributed by atoms with Gasteiger partial charge in [-0.15, -0.1) is 11.8 Å². The predicted molar refractivity (Wildman–Crippen MR) is 101 cm³/mol. The van der Waals surface area contributed by atoms with Crippen LogP contribution in [0.15, 0.2) is 54.6 Å². The molecule has 0 N–H and O–H groups in total. The van der Waals surface area contributed by atoms with Crippen molar-refractivity contribution in [3.05, 3.63) is 60.2 Å². The largest absolute Gasteiger partial charge is 0.464 e. The van der Waals surface area contributed by atoms with Gasteiger partial charge >= 0.3 is 5.97 Å². The Balaban J connectivity index is 1.82. The Hall–Kier alpha value is -2.47. The summed E-state index contributed by atoms with van der Waals surface area (Å²) in [5, 5.41) is -0.235. The number of para-hydroxylation sites is 1. The number of rotatable bonds is 6. The van der Waals surface area contributed by atoms with Crippen molar-refractivity contribution in [3.8, 4) is 11.5 Å². The summed E-state index contributed by atoms with van der Waals surface area (Å²) < 4.78 is 11.0. The summed E-state index contributed by atoms with van der Waals surface area (Å²) >= 11 is 1.50. The zero-order valence-corrected chi connectivity index (χ0v) is 15.6. The van der Waals surface area contributed by atoms with Gasteiger partial charge in [-0.1, -0.05) is 30.3 Å². The average molecular weight is 371 g/mol. The van der Waals surface area contributed by atoms with Crippen LogP contribution in [-0.4, -0.2) is 35.2 Å². The van der Waals surface area contributed by atoms with Crippen LogP contribution in [0.2, 0.25) is 0 Å². The number of esters is 1. The molecule has 1 aliphatic rings. The van der Waals surface area contributed by atoms with E-state index in [2.05, 4.69) is 0 Å². The molecule has 5 nitrogen and oxygen atoms in total. The SMILES string of the molecule is CCOC(=O)C(C)N1C(=O)CSC1c1cccc(Oc2ccccc2)c1. The number of hydrogen-bond donors (Lipinski definition) is 0. The number of hydrogen-bond acceptors (Lipinski definition) is 5. The lowest BCUT2D eigenvalue weighted by Gasteiger charge is -2.29. The first-order valence-corrected chi connectivity index (χ1v) is 9.57. The Morgan fingerprint density at radius 3 is 2.65 bits per heavy atom. The third kappa shape index (κ3) is 4.02. The topological polar surface area (TPSA) is 55.8 Å². The molecule has 0 aliphatic carbocycles. The number of nitrogens with zero attached hydrogens (tertiary/aromatic N) is 1. The minimum absolute atomic E-state index is 0.0602. The summed E-state index contributed by atoms with van der Waals surface area (Å²) in [4.78, 5) is 26.1. The smallest absolute Gasteiger partial charge is 0.328 e. The molecular weight excluding hydrogens is 350 g/mol. The third-order valence-corrected chi connectivity index (χ3v) is 5.30. The second-order valence-corrected chi connectivity index (χ2v) is 6.95. The van der Waals surface area contributed by atoms with E-state index < -0.39 is 6.04 Å². The van der Waals surface area contributed by atoms with Crippen molar-refractivity contribution in [1.29, 1.82) is 0 Å². The fourth-order valence-corrected chi connectivity index (χ4v) is 4.09. The lowest BCUT2D eigenvalue weighted by molar-refractivity contribution is -0.153. The standard InChI is InChI=1S/C20H21NO4S/c1-3-24-20(23)14(2)21-18(22)13-26-19(21)15-8-7-11-17(12-15)25-16-9-5-4-6-10-16/h4-12,14,19H,3,13H2,1-2H3. The van der Waals surface area contributed by atoms with E-state index in [0.29, 0.717) is 18.1 Å². The molecule has 136 valence electrons. The summed E-state index contributed by atoms with van der Waals surface area (Å²) in [5.74, 6) is 1.34. The van der Waals surface area contributed by atoms with E-state index in [1.165, 1.54) is 11.8 Å². The van der Waals surface area contributed by atoms with E-state index in [4.69, 9.17) is 9.47 Å². The molecule has 1 fully saturated rings. The fourth-order valence-electron chi connectivity index (χ4n) is 2.84. The molecule has 6 heteroatoms. The van der Waals surface area contributed by atoms with Crippen molar-refractivity contribution in [1.82, 2.24) is 4.90 Å². The van der Waals surface area contributed by atoms with Gasteiger partial charge in [-0.3, -0.25) is 4.79 Å². The Morgan fingerprint density at radius 2 is 1.92 bits per heavy atom. The first-order chi connectivity index (χ1) is 12.6. The first-order valence-electron chi connectivity index (χ1n) is 8.52. The number of benzene rings is 2. The lowest BCUT2D eigenvalue weighted by atomic mass is 10.1. The molecular formula is C20H21NO4S. The quantitative estimate of drug-likeness (QED) is 0.718. The molecule has 3 rings (SSSR count). The summed E-state index contributed by atoms with van der Waals surface area (Å²) in [6.07, 6.45) is 0. The first kappa shape index (κ1) is 18.3. The maximum absolute atomic E-state index is 12.4. The van der Waals surface area contributed by atoms with Gasteiger partial charge in [-0.05, 0) is 43.7 Å². The van der Waals surface area contributed by atoms with Crippen LogP contribution in [0.1, 0.15) is 24.8 Å². The maximum atomic E-state index is 12.4. The van der Waals surface area contributed by atoms with Gasteiger partial charge in [0.2, 0.25) is 5.91 Å². The summed E-state index contributed by atoms with van der Waals surface area (Å²) in [6, 6.07) is 16.5. The summed E-state index contributed by atoms with van der Waals surface area (Å²) in [5.41, 5.74) is 0.922. The van der Waals surface area contributed by atoms with Gasteiger partial charge in [0.05, 0.1) is 12.4 Å². The molecule has 0 spiro atoms. The molecule has 26 heavy (non-hydrogen) atoms. The van der Waals surface area contributed by atoms with Crippen molar-refractivity contribution < 1.29 is 19.1 Å². The monoisotopic (exact) mass is 371 g/mol. The molecule has 2 atom stereocenters. The highest BCUT2D eigenvalue weighted by Crippen LogP contribution is 2.41. The second-order valence-electron chi connectivity index (χ2n) is 5.88. The number of carbonyl (C=O) groups excluding carboxylic acids is 2. The van der Waals surface area contributed by atoms with E-state index >= 15 is 0 Å². The molecule has 0 saturated carbocycles. The normalized spacial score (nSPS) is 17.8. The van der Waals surface area contributed by atoms with Crippen molar-refractivity contribution >= 4 is 23.6 Å². The number of ether oxygens (including phenoxy) is 2. The number of amides is 1. The van der Waals surface area contributed by atoms with Gasteiger partial charge in [0, 0.05) is 0 Å². The van der Waals surface area contributed by atoms with Crippen molar-refractivity contribution in [2.24, 2.45) is 0 Å². The average Bonchev–Trinajstić information content (AvgIpc) is 3.04. The van der Waals surface area contributed by atoms with E-state index in [9.17, 15) is 9.59 Å². The zero-order chi connectivity index (χ0) is 18.5. The van der Waals surface area contributed by atoms with Crippen molar-refractivity contribution in [2.75, 3.05) is 12.4 Å². The highest BCUT2D eigenvalue weighted by molar-refractivity contribution is 8.00. The van der Waals surface area contributed by atoms with Crippen LogP contribution < -0.4 is 4.74 Å². The number of carbonyl (C=O) groups is 2. The Bertz CT molecular complexity index is 780. The van der Waals surface area contributed by atoms with Crippen LogP contribution >= 0.6 is 11.8 Å². The second kappa shape index (κ2) is 8.27. The Morgan fingerprint density at radius 1 is 1.19 bits per heavy atom. The van der Waals surface area contributed by atoms with E-state index in [-0.39, 0.29) is 17.3 Å². The van der Waals surface area contributed by atoms with Gasteiger partial charge in [-0.2, -0.15) is 0 Å². The molecule has 0 aromatic heterocycles. The van der Waals surface area contributed by atoms with Crippen LogP contribution in [0.4, 0.5) is 0 Å². The molecule has 2 aromatic rings. The van der Waals surface area contributed by atoms with E-state index in [0.717, 1.165) is 11.3 Å². The van der Waals surface area contributed by atoms with E-state index in [1.54, 1.807) is 18.7 Å². The maximum Gasteiger partial charge on any atom is 0.328 e. The number of thioether (sulfide) groups is 1. The molecule has 0 bridgehead atoms. The molecule has 1 saturated heterocycles. The van der Waals surface area contributed by atoms with Gasteiger partial charge in [0.25, 0.3) is 0 Å². The molecule has 2 unspecified atom stereocenters. The third-order valence-electron chi connectivity index (χ3n) is 4.07. The highest BCUT2D eigenvalue weighted by atomic mass is 32.2. The van der Waals surface area contributed by atoms with Crippen molar-refractivity contribution in [2.45, 2.75) is 25.3 Å². The minimum atomic E-state index is -0.624. The van der Waals surface area contributed by atoms with Crippen LogP contribution in [0.25, 0.3) is 0 Å². The Labute approximate surface area is 157 Å². The zero-order valence-electron chi connectivity index (χ0n) is 14.8. The molecule has 1 amide bonds. The minimum Gasteiger partial charge on any atom is -0.464 e. The highest BCUT2D eigenvalue weighted by Gasteiger charge is 2.39. The molecule has 1 aliphatic heterocycles. The van der Waals surface area contributed by atoms with Gasteiger partial charge in [0.1, 0.15) is 22.9 Å². The van der Waals surface area contributed by atoms with Crippen LogP contribution in [-0.2, 0) is 14.3 Å². The lowest BCUT2D eigenvalue weighted by Crippen LogP contribution is -2.42. The van der Waals surface area contributed by atoms with Crippen LogP contribution in [0, 0.1) is 0 Å². The predicted octanol–water partition coefficient (Wildman–Crippen LogP) is 4.00.